The Morgan fingerprint density at radius 1 is 1.19 bits per heavy atom. The lowest BCUT2D eigenvalue weighted by atomic mass is 10.2. The molecule has 0 atom stereocenters. The molecule has 0 aliphatic heterocycles. The lowest BCUT2D eigenvalue weighted by Crippen LogP contribution is -1.70. The average Bonchev–Trinajstić information content (AvgIpc) is 2.75. The third-order valence-electron chi connectivity index (χ3n) is 2.11. The van der Waals surface area contributed by atoms with Crippen molar-refractivity contribution in [1.82, 2.24) is 0 Å². The van der Waals surface area contributed by atoms with Crippen LogP contribution in [-0.2, 0) is 0 Å². The largest absolute Gasteiger partial charge is 0.136 e. The molecule has 0 saturated heterocycles. The maximum absolute atomic E-state index is 3.49. The van der Waals surface area contributed by atoms with E-state index in [1.54, 1.807) is 11.3 Å². The van der Waals surface area contributed by atoms with E-state index in [9.17, 15) is 0 Å². The van der Waals surface area contributed by atoms with Crippen LogP contribution in [0.1, 0.15) is 4.88 Å². The van der Waals surface area contributed by atoms with Gasteiger partial charge in [-0.15, -0.1) is 11.3 Å². The summed E-state index contributed by atoms with van der Waals surface area (Å²) in [5.41, 5.74) is 1.26. The molecule has 1 aromatic carbocycles. The Morgan fingerprint density at radius 2 is 2.06 bits per heavy atom. The van der Waals surface area contributed by atoms with Crippen molar-refractivity contribution in [2.75, 3.05) is 5.33 Å². The second-order valence-electron chi connectivity index (χ2n) is 3.27. The highest BCUT2D eigenvalue weighted by atomic mass is 79.9. The second kappa shape index (κ2) is 5.80. The summed E-state index contributed by atoms with van der Waals surface area (Å²) in [4.78, 5) is 2.59. The fourth-order valence-corrected chi connectivity index (χ4v) is 2.92. The molecule has 16 heavy (non-hydrogen) atoms. The van der Waals surface area contributed by atoms with Crippen molar-refractivity contribution in [3.63, 3.8) is 0 Å². The molecule has 0 saturated carbocycles. The van der Waals surface area contributed by atoms with Crippen molar-refractivity contribution in [1.29, 1.82) is 0 Å². The fraction of sp³-hybridized carbons (Fsp3) is 0.0769. The second-order valence-corrected chi connectivity index (χ2v) is 5.95. The molecule has 1 heterocycles. The third-order valence-corrected chi connectivity index (χ3v) is 4.07. The standard InChI is InChI=1S/C13H10Br2S/c14-8-2-5-12-6-7-13(16-12)10-3-1-4-11(15)9-10/h1-7,9H,8H2. The molecule has 0 amide bonds. The number of allylic oxidation sites excluding steroid dienone is 1. The highest BCUT2D eigenvalue weighted by Crippen LogP contribution is 2.30. The Bertz CT molecular complexity index is 500. The van der Waals surface area contributed by atoms with Crippen LogP contribution in [0, 0.1) is 0 Å². The van der Waals surface area contributed by atoms with Crippen LogP contribution in [0.15, 0.2) is 46.9 Å². The van der Waals surface area contributed by atoms with Crippen molar-refractivity contribution < 1.29 is 0 Å². The zero-order valence-electron chi connectivity index (χ0n) is 8.49. The molecule has 0 radical (unpaired) electrons. The first-order valence-electron chi connectivity index (χ1n) is 4.88. The fourth-order valence-electron chi connectivity index (χ4n) is 1.40. The van der Waals surface area contributed by atoms with Crippen LogP contribution in [0.3, 0.4) is 0 Å². The molecule has 0 nitrogen and oxygen atoms in total. The molecule has 0 unspecified atom stereocenters. The zero-order chi connectivity index (χ0) is 11.4. The molecule has 0 N–H and O–H groups in total. The lowest BCUT2D eigenvalue weighted by Gasteiger charge is -1.97. The summed E-state index contributed by atoms with van der Waals surface area (Å²) in [6.45, 7) is 0. The first-order valence-corrected chi connectivity index (χ1v) is 7.61. The van der Waals surface area contributed by atoms with Crippen molar-refractivity contribution in [2.24, 2.45) is 0 Å². The summed E-state index contributed by atoms with van der Waals surface area (Å²) in [6, 6.07) is 12.7. The van der Waals surface area contributed by atoms with Gasteiger partial charge in [0.1, 0.15) is 0 Å². The van der Waals surface area contributed by atoms with Crippen molar-refractivity contribution >= 4 is 49.3 Å². The highest BCUT2D eigenvalue weighted by Gasteiger charge is 2.01. The van der Waals surface area contributed by atoms with E-state index in [0.29, 0.717) is 0 Å². The quantitative estimate of drug-likeness (QED) is 0.628. The molecule has 0 spiro atoms. The summed E-state index contributed by atoms with van der Waals surface area (Å²) in [5.74, 6) is 0. The SMILES string of the molecule is BrCC=Cc1ccc(-c2cccc(Br)c2)s1. The molecule has 2 rings (SSSR count). The van der Waals surface area contributed by atoms with Gasteiger partial charge in [0.15, 0.2) is 0 Å². The highest BCUT2D eigenvalue weighted by molar-refractivity contribution is 9.10. The van der Waals surface area contributed by atoms with E-state index in [0.717, 1.165) is 9.80 Å². The van der Waals surface area contributed by atoms with Gasteiger partial charge >= 0.3 is 0 Å². The predicted molar refractivity (Wildman–Crippen MR) is 80.3 cm³/mol. The topological polar surface area (TPSA) is 0 Å². The van der Waals surface area contributed by atoms with Crippen LogP contribution >= 0.6 is 43.2 Å². The van der Waals surface area contributed by atoms with Gasteiger partial charge < -0.3 is 0 Å². The minimum atomic E-state index is 0.900. The third kappa shape index (κ3) is 3.06. The summed E-state index contributed by atoms with van der Waals surface area (Å²) >= 11 is 8.68. The first-order chi connectivity index (χ1) is 7.79. The van der Waals surface area contributed by atoms with Crippen LogP contribution in [0.2, 0.25) is 0 Å². The lowest BCUT2D eigenvalue weighted by molar-refractivity contribution is 1.65. The number of hydrogen-bond acceptors (Lipinski definition) is 1. The van der Waals surface area contributed by atoms with Gasteiger partial charge in [-0.2, -0.15) is 0 Å². The van der Waals surface area contributed by atoms with Crippen molar-refractivity contribution in [3.8, 4) is 10.4 Å². The van der Waals surface area contributed by atoms with E-state index >= 15 is 0 Å². The van der Waals surface area contributed by atoms with E-state index in [1.807, 2.05) is 6.07 Å². The maximum atomic E-state index is 3.49. The normalized spacial score (nSPS) is 11.1. The Morgan fingerprint density at radius 3 is 2.81 bits per heavy atom. The van der Waals surface area contributed by atoms with Gasteiger partial charge in [0.05, 0.1) is 0 Å². The Balaban J connectivity index is 2.28. The summed E-state index contributed by atoms with van der Waals surface area (Å²) < 4.78 is 1.12. The van der Waals surface area contributed by atoms with Crippen LogP contribution in [0.25, 0.3) is 16.5 Å². The Hall–Kier alpha value is -0.380. The predicted octanol–water partition coefficient (Wildman–Crippen LogP) is 5.59. The minimum Gasteiger partial charge on any atom is -0.136 e. The van der Waals surface area contributed by atoms with E-state index in [1.165, 1.54) is 15.3 Å². The first kappa shape index (κ1) is 12.1. The molecular formula is C13H10Br2S. The summed E-state index contributed by atoms with van der Waals surface area (Å²) in [7, 11) is 0. The minimum absolute atomic E-state index is 0.900. The van der Waals surface area contributed by atoms with Gasteiger partial charge in [-0.1, -0.05) is 50.1 Å². The van der Waals surface area contributed by atoms with E-state index in [2.05, 4.69) is 74.3 Å². The van der Waals surface area contributed by atoms with Crippen LogP contribution in [-0.4, -0.2) is 5.33 Å². The monoisotopic (exact) mass is 356 g/mol. The van der Waals surface area contributed by atoms with Crippen LogP contribution in [0.4, 0.5) is 0 Å². The zero-order valence-corrected chi connectivity index (χ0v) is 12.5. The van der Waals surface area contributed by atoms with Crippen molar-refractivity contribution in [3.05, 3.63) is 51.8 Å². The molecular weight excluding hydrogens is 348 g/mol. The number of benzene rings is 1. The van der Waals surface area contributed by atoms with Gasteiger partial charge in [-0.05, 0) is 35.9 Å². The van der Waals surface area contributed by atoms with Gasteiger partial charge in [0, 0.05) is 19.6 Å². The van der Waals surface area contributed by atoms with Crippen LogP contribution in [0.5, 0.6) is 0 Å². The van der Waals surface area contributed by atoms with Crippen LogP contribution < -0.4 is 0 Å². The maximum Gasteiger partial charge on any atom is 0.0349 e. The molecule has 3 heteroatoms. The van der Waals surface area contributed by atoms with Gasteiger partial charge in [0.2, 0.25) is 0 Å². The van der Waals surface area contributed by atoms with Crippen molar-refractivity contribution in [2.45, 2.75) is 0 Å². The molecule has 2 aromatic rings. The van der Waals surface area contributed by atoms with Gasteiger partial charge in [0.25, 0.3) is 0 Å². The molecule has 0 aliphatic carbocycles. The number of alkyl halides is 1. The summed E-state index contributed by atoms with van der Waals surface area (Å²) in [6.07, 6.45) is 4.25. The molecule has 0 bridgehead atoms. The number of thiophene rings is 1. The van der Waals surface area contributed by atoms with Gasteiger partial charge in [-0.3, -0.25) is 0 Å². The smallest absolute Gasteiger partial charge is 0.0349 e. The Kier molecular flexibility index (Phi) is 4.38. The summed E-state index contributed by atoms with van der Waals surface area (Å²) in [5, 5.41) is 0.900. The van der Waals surface area contributed by atoms with E-state index in [4.69, 9.17) is 0 Å². The molecule has 0 aliphatic rings. The molecule has 0 fully saturated rings. The molecule has 82 valence electrons. The van der Waals surface area contributed by atoms with E-state index < -0.39 is 0 Å². The number of halogens is 2. The average molecular weight is 358 g/mol. The van der Waals surface area contributed by atoms with Gasteiger partial charge in [-0.25, -0.2) is 0 Å². The number of rotatable bonds is 3. The Labute approximate surface area is 116 Å². The van der Waals surface area contributed by atoms with E-state index in [-0.39, 0.29) is 0 Å². The number of hydrogen-bond donors (Lipinski definition) is 0. The molecule has 1 aromatic heterocycles.